The molecule has 0 atom stereocenters. The number of halogens is 1. The summed E-state index contributed by atoms with van der Waals surface area (Å²) in [4.78, 5) is 36.7. The van der Waals surface area contributed by atoms with E-state index in [0.717, 1.165) is 5.75 Å². The molecule has 3 rings (SSSR count). The molecule has 3 aromatic carbocycles. The lowest BCUT2D eigenvalue weighted by Gasteiger charge is -2.09. The van der Waals surface area contributed by atoms with Gasteiger partial charge in [0, 0.05) is 40.4 Å². The van der Waals surface area contributed by atoms with Crippen LogP contribution in [0.2, 0.25) is 5.02 Å². The number of carbonyl (C=O) groups is 3. The van der Waals surface area contributed by atoms with E-state index < -0.39 is 0 Å². The first-order valence-electron chi connectivity index (χ1n) is 10.2. The van der Waals surface area contributed by atoms with Crippen molar-refractivity contribution in [1.82, 2.24) is 0 Å². The van der Waals surface area contributed by atoms with Crippen molar-refractivity contribution in [2.75, 3.05) is 17.2 Å². The Morgan fingerprint density at radius 3 is 1.94 bits per heavy atom. The van der Waals surface area contributed by atoms with Crippen molar-refractivity contribution in [3.05, 3.63) is 88.9 Å². The van der Waals surface area contributed by atoms with Gasteiger partial charge in [0.05, 0.1) is 6.61 Å². The molecule has 32 heavy (non-hydrogen) atoms. The van der Waals surface area contributed by atoms with Crippen LogP contribution in [0.25, 0.3) is 0 Å². The second-order valence-electron chi connectivity index (χ2n) is 6.97. The molecule has 0 unspecified atom stereocenters. The molecule has 0 radical (unpaired) electrons. The lowest BCUT2D eigenvalue weighted by molar-refractivity contribution is -0.116. The van der Waals surface area contributed by atoms with E-state index in [1.165, 1.54) is 0 Å². The summed E-state index contributed by atoms with van der Waals surface area (Å²) in [5.74, 6) is 0.0677. The van der Waals surface area contributed by atoms with Crippen molar-refractivity contribution in [2.24, 2.45) is 0 Å². The molecular weight excluding hydrogens is 428 g/mol. The second-order valence-corrected chi connectivity index (χ2v) is 7.40. The van der Waals surface area contributed by atoms with E-state index in [1.807, 2.05) is 6.92 Å². The maximum Gasteiger partial charge on any atom is 0.255 e. The highest BCUT2D eigenvalue weighted by molar-refractivity contribution is 6.30. The molecule has 0 spiro atoms. The Bertz CT molecular complexity index is 1080. The Morgan fingerprint density at radius 2 is 1.31 bits per heavy atom. The monoisotopic (exact) mass is 450 g/mol. The normalized spacial score (nSPS) is 10.3. The molecule has 0 saturated carbocycles. The summed E-state index contributed by atoms with van der Waals surface area (Å²) >= 11 is 5.82. The van der Waals surface area contributed by atoms with Crippen LogP contribution in [0.3, 0.4) is 0 Å². The molecule has 0 aromatic heterocycles. The Morgan fingerprint density at radius 1 is 0.750 bits per heavy atom. The lowest BCUT2D eigenvalue weighted by atomic mass is 10.1. The van der Waals surface area contributed by atoms with Crippen LogP contribution in [0.1, 0.15) is 40.5 Å². The first kappa shape index (κ1) is 23.0. The summed E-state index contributed by atoms with van der Waals surface area (Å²) in [7, 11) is 0. The molecule has 6 nitrogen and oxygen atoms in total. The zero-order valence-corrected chi connectivity index (χ0v) is 18.3. The largest absolute Gasteiger partial charge is 0.494 e. The van der Waals surface area contributed by atoms with Crippen LogP contribution < -0.4 is 15.4 Å². The molecule has 164 valence electrons. The van der Waals surface area contributed by atoms with Crippen molar-refractivity contribution >= 4 is 40.6 Å². The number of benzene rings is 3. The summed E-state index contributed by atoms with van der Waals surface area (Å²) in [6.45, 7) is 2.48. The third kappa shape index (κ3) is 6.68. The third-order valence-electron chi connectivity index (χ3n) is 4.60. The van der Waals surface area contributed by atoms with Crippen LogP contribution in [-0.4, -0.2) is 24.2 Å². The van der Waals surface area contributed by atoms with Crippen molar-refractivity contribution in [1.29, 1.82) is 0 Å². The highest BCUT2D eigenvalue weighted by Crippen LogP contribution is 2.18. The summed E-state index contributed by atoms with van der Waals surface area (Å²) in [6, 6.07) is 20.2. The van der Waals surface area contributed by atoms with Crippen LogP contribution in [-0.2, 0) is 4.79 Å². The number of carbonyl (C=O) groups excluding carboxylic acids is 3. The standard InChI is InChI=1S/C25H23ClN2O4/c1-2-32-22-13-11-21(12-14-22)28-25(31)18-5-9-20(10-6-18)27-24(30)16-15-23(29)17-3-7-19(26)8-4-17/h3-14H,2,15-16H2,1H3,(H,27,30)(H,28,31). The second kappa shape index (κ2) is 11.1. The first-order valence-corrected chi connectivity index (χ1v) is 10.6. The van der Waals surface area contributed by atoms with Gasteiger partial charge in [-0.1, -0.05) is 11.6 Å². The van der Waals surface area contributed by atoms with E-state index in [-0.39, 0.29) is 30.4 Å². The van der Waals surface area contributed by atoms with Gasteiger partial charge in [0.15, 0.2) is 5.78 Å². The SMILES string of the molecule is CCOc1ccc(NC(=O)c2ccc(NC(=O)CCC(=O)c3ccc(Cl)cc3)cc2)cc1. The number of ketones is 1. The Kier molecular flexibility index (Phi) is 8.00. The zero-order chi connectivity index (χ0) is 22.9. The topological polar surface area (TPSA) is 84.5 Å². The molecule has 0 bridgehead atoms. The number of hydrogen-bond donors (Lipinski definition) is 2. The average Bonchev–Trinajstić information content (AvgIpc) is 2.80. The first-order chi connectivity index (χ1) is 15.4. The molecule has 0 heterocycles. The number of nitrogens with one attached hydrogen (secondary N) is 2. The zero-order valence-electron chi connectivity index (χ0n) is 17.6. The number of hydrogen-bond acceptors (Lipinski definition) is 4. The Labute approximate surface area is 191 Å². The van der Waals surface area contributed by atoms with Crippen molar-refractivity contribution in [2.45, 2.75) is 19.8 Å². The van der Waals surface area contributed by atoms with E-state index in [9.17, 15) is 14.4 Å². The van der Waals surface area contributed by atoms with Gasteiger partial charge in [-0.05, 0) is 79.7 Å². The van der Waals surface area contributed by atoms with Gasteiger partial charge >= 0.3 is 0 Å². The Balaban J connectivity index is 1.49. The van der Waals surface area contributed by atoms with Crippen molar-refractivity contribution in [3.8, 4) is 5.75 Å². The molecule has 0 aliphatic rings. The number of Topliss-reactive ketones (excluding diaryl/α,β-unsaturated/α-hetero) is 1. The minimum atomic E-state index is -0.279. The Hall–Kier alpha value is -3.64. The third-order valence-corrected chi connectivity index (χ3v) is 4.85. The number of amides is 2. The van der Waals surface area contributed by atoms with Gasteiger partial charge in [-0.2, -0.15) is 0 Å². The predicted octanol–water partition coefficient (Wildman–Crippen LogP) is 5.59. The summed E-state index contributed by atoms with van der Waals surface area (Å²) in [5, 5.41) is 6.10. The van der Waals surface area contributed by atoms with Crippen LogP contribution in [0.5, 0.6) is 5.75 Å². The molecule has 0 fully saturated rings. The molecule has 3 aromatic rings. The highest BCUT2D eigenvalue weighted by atomic mass is 35.5. The lowest BCUT2D eigenvalue weighted by Crippen LogP contribution is -2.14. The van der Waals surface area contributed by atoms with Gasteiger partial charge in [0.25, 0.3) is 5.91 Å². The van der Waals surface area contributed by atoms with Gasteiger partial charge < -0.3 is 15.4 Å². The molecule has 7 heteroatoms. The summed E-state index contributed by atoms with van der Waals surface area (Å²) in [6.07, 6.45) is 0.150. The van der Waals surface area contributed by atoms with Crippen molar-refractivity contribution < 1.29 is 19.1 Å². The summed E-state index contributed by atoms with van der Waals surface area (Å²) in [5.41, 5.74) is 2.17. The molecule has 0 saturated heterocycles. The maximum atomic E-state index is 12.4. The highest BCUT2D eigenvalue weighted by Gasteiger charge is 2.11. The van der Waals surface area contributed by atoms with Gasteiger partial charge in [-0.25, -0.2) is 0 Å². The number of ether oxygens (including phenoxy) is 1. The molecule has 2 N–H and O–H groups in total. The van der Waals surface area contributed by atoms with E-state index in [0.29, 0.717) is 34.1 Å². The molecule has 2 amide bonds. The van der Waals surface area contributed by atoms with Crippen LogP contribution in [0.15, 0.2) is 72.8 Å². The fourth-order valence-electron chi connectivity index (χ4n) is 2.94. The fourth-order valence-corrected chi connectivity index (χ4v) is 3.07. The average molecular weight is 451 g/mol. The minimum Gasteiger partial charge on any atom is -0.494 e. The molecule has 0 aliphatic carbocycles. The predicted molar refractivity (Wildman–Crippen MR) is 126 cm³/mol. The smallest absolute Gasteiger partial charge is 0.255 e. The van der Waals surface area contributed by atoms with Crippen LogP contribution >= 0.6 is 11.6 Å². The van der Waals surface area contributed by atoms with Gasteiger partial charge in [-0.15, -0.1) is 0 Å². The quantitative estimate of drug-likeness (QED) is 0.416. The molecular formula is C25H23ClN2O4. The van der Waals surface area contributed by atoms with Gasteiger partial charge in [0.2, 0.25) is 5.91 Å². The summed E-state index contributed by atoms with van der Waals surface area (Å²) < 4.78 is 5.38. The number of anilines is 2. The van der Waals surface area contributed by atoms with Crippen LogP contribution in [0.4, 0.5) is 11.4 Å². The van der Waals surface area contributed by atoms with Gasteiger partial charge in [-0.3, -0.25) is 14.4 Å². The fraction of sp³-hybridized carbons (Fsp3) is 0.160. The van der Waals surface area contributed by atoms with E-state index in [2.05, 4.69) is 10.6 Å². The van der Waals surface area contributed by atoms with E-state index >= 15 is 0 Å². The van der Waals surface area contributed by atoms with Gasteiger partial charge in [0.1, 0.15) is 5.75 Å². The maximum absolute atomic E-state index is 12.4. The molecule has 0 aliphatic heterocycles. The van der Waals surface area contributed by atoms with Crippen LogP contribution in [0, 0.1) is 0 Å². The van der Waals surface area contributed by atoms with E-state index in [1.54, 1.807) is 72.8 Å². The minimum absolute atomic E-state index is 0.0570. The van der Waals surface area contributed by atoms with E-state index in [4.69, 9.17) is 16.3 Å². The van der Waals surface area contributed by atoms with Crippen molar-refractivity contribution in [3.63, 3.8) is 0 Å². The number of rotatable bonds is 9.